The van der Waals surface area contributed by atoms with Crippen LogP contribution in [0, 0.1) is 4.91 Å². The van der Waals surface area contributed by atoms with Gasteiger partial charge < -0.3 is 9.64 Å². The second-order valence-electron chi connectivity index (χ2n) is 7.99. The summed E-state index contributed by atoms with van der Waals surface area (Å²) < 4.78 is 6.63. The van der Waals surface area contributed by atoms with E-state index in [2.05, 4.69) is 11.5 Å². The second-order valence-corrected chi connectivity index (χ2v) is 7.99. The molecule has 0 spiro atoms. The van der Waals surface area contributed by atoms with Crippen LogP contribution in [0.2, 0.25) is 0 Å². The first-order valence-corrected chi connectivity index (χ1v) is 10.9. The van der Waals surface area contributed by atoms with E-state index in [0.29, 0.717) is 42.8 Å². The average molecular weight is 455 g/mol. The molecule has 1 aliphatic rings. The summed E-state index contributed by atoms with van der Waals surface area (Å²) in [6, 6.07) is 19.8. The van der Waals surface area contributed by atoms with Gasteiger partial charge in [-0.1, -0.05) is 49.1 Å². The molecule has 1 fully saturated rings. The monoisotopic (exact) mass is 455 g/mol. The molecule has 1 aromatic heterocycles. The van der Waals surface area contributed by atoms with Crippen LogP contribution in [0.5, 0.6) is 0 Å². The minimum atomic E-state index is -0.388. The average Bonchev–Trinajstić information content (AvgIpc) is 2.89. The van der Waals surface area contributed by atoms with Gasteiger partial charge in [-0.05, 0) is 29.8 Å². The molecule has 0 aliphatic carbocycles. The number of morpholine rings is 1. The number of fused-ring (bicyclic) bond motifs is 1. The molecule has 0 amide bonds. The smallest absolute Gasteiger partial charge is 0.342 e. The molecule has 0 atom stereocenters. The molecule has 5 rings (SSSR count). The number of benzene rings is 3. The Bertz CT molecular complexity index is 1470. The van der Waals surface area contributed by atoms with Crippen LogP contribution in [-0.2, 0) is 4.74 Å². The van der Waals surface area contributed by atoms with Crippen molar-refractivity contribution in [2.75, 3.05) is 31.2 Å². The van der Waals surface area contributed by atoms with E-state index in [1.807, 2.05) is 36.4 Å². The molecule has 8 nitrogen and oxygen atoms in total. The maximum Gasteiger partial charge on any atom is 0.342 e. The highest BCUT2D eigenvalue weighted by Crippen LogP contribution is 2.30. The number of ether oxygens (including phenoxy) is 1. The Morgan fingerprint density at radius 1 is 1.00 bits per heavy atom. The first-order valence-electron chi connectivity index (χ1n) is 10.9. The fourth-order valence-corrected chi connectivity index (χ4v) is 4.24. The van der Waals surface area contributed by atoms with E-state index in [1.165, 1.54) is 10.7 Å². The maximum atomic E-state index is 13.5. The highest BCUT2D eigenvalue weighted by atomic mass is 16.6. The van der Waals surface area contributed by atoms with Gasteiger partial charge in [-0.2, -0.15) is 9.78 Å². The summed E-state index contributed by atoms with van der Waals surface area (Å²) in [5, 5.41) is 15.7. The molecular weight excluding hydrogens is 432 g/mol. The van der Waals surface area contributed by atoms with Gasteiger partial charge in [0.1, 0.15) is 0 Å². The zero-order valence-electron chi connectivity index (χ0n) is 18.4. The standard InChI is InChI=1S/C26H23N4O4/c1-2-18-6-5-7-19(16-18)25-21-8-3-4-9-22(21)26(31)29(27-25)24-17-20(10-11-23(24)30(32)33)28-12-14-34-15-13-28/h2-11,16-17H,1,12-15H2,(H,32,33)/q+1. The van der Waals surface area contributed by atoms with Crippen LogP contribution in [-0.4, -0.2) is 46.2 Å². The van der Waals surface area contributed by atoms with E-state index in [1.54, 1.807) is 30.3 Å². The normalized spacial score (nSPS) is 13.7. The molecule has 0 bridgehead atoms. The van der Waals surface area contributed by atoms with Gasteiger partial charge in [-0.15, -0.1) is 0 Å². The van der Waals surface area contributed by atoms with Gasteiger partial charge in [-0.25, -0.2) is 5.21 Å². The van der Waals surface area contributed by atoms with Crippen LogP contribution >= 0.6 is 0 Å². The van der Waals surface area contributed by atoms with Crippen molar-refractivity contribution in [1.29, 1.82) is 0 Å². The molecule has 34 heavy (non-hydrogen) atoms. The lowest BCUT2D eigenvalue weighted by Gasteiger charge is -2.29. The number of nitrogens with zero attached hydrogens (tertiary/aromatic N) is 4. The van der Waals surface area contributed by atoms with Crippen LogP contribution in [0.4, 0.5) is 11.4 Å². The van der Waals surface area contributed by atoms with E-state index in [9.17, 15) is 14.9 Å². The zero-order valence-corrected chi connectivity index (χ0v) is 18.4. The van der Waals surface area contributed by atoms with E-state index >= 15 is 0 Å². The van der Waals surface area contributed by atoms with Gasteiger partial charge in [0.2, 0.25) is 0 Å². The largest absolute Gasteiger partial charge is 0.378 e. The van der Waals surface area contributed by atoms with Crippen molar-refractivity contribution in [1.82, 2.24) is 9.78 Å². The third kappa shape index (κ3) is 3.84. The first-order chi connectivity index (χ1) is 16.6. The van der Waals surface area contributed by atoms with E-state index in [0.717, 1.165) is 16.8 Å². The van der Waals surface area contributed by atoms with E-state index in [-0.39, 0.29) is 21.9 Å². The molecule has 2 heterocycles. The number of rotatable bonds is 5. The lowest BCUT2D eigenvalue weighted by Crippen LogP contribution is -2.36. The van der Waals surface area contributed by atoms with Crippen LogP contribution < -0.4 is 10.5 Å². The Hall–Kier alpha value is -4.30. The quantitative estimate of drug-likeness (QED) is 0.451. The van der Waals surface area contributed by atoms with E-state index < -0.39 is 0 Å². The Labute approximate surface area is 195 Å². The molecule has 8 heteroatoms. The van der Waals surface area contributed by atoms with Crippen LogP contribution in [0.1, 0.15) is 5.56 Å². The van der Waals surface area contributed by atoms with Gasteiger partial charge >= 0.3 is 5.69 Å². The first kappa shape index (κ1) is 21.5. The van der Waals surface area contributed by atoms with Crippen molar-refractivity contribution in [3.63, 3.8) is 0 Å². The van der Waals surface area contributed by atoms with Crippen molar-refractivity contribution in [3.05, 3.63) is 94.1 Å². The number of hydrogen-bond donors (Lipinski definition) is 1. The third-order valence-corrected chi connectivity index (χ3v) is 5.97. The summed E-state index contributed by atoms with van der Waals surface area (Å²) >= 11 is 0. The van der Waals surface area contributed by atoms with Gasteiger partial charge in [0.25, 0.3) is 10.5 Å². The highest BCUT2D eigenvalue weighted by molar-refractivity contribution is 5.94. The van der Waals surface area contributed by atoms with Crippen molar-refractivity contribution >= 4 is 28.2 Å². The van der Waals surface area contributed by atoms with Crippen molar-refractivity contribution in [2.24, 2.45) is 0 Å². The summed E-state index contributed by atoms with van der Waals surface area (Å²) in [6.45, 7) is 6.37. The number of aromatic nitrogens is 2. The predicted octanol–water partition coefficient (Wildman–Crippen LogP) is 4.33. The second kappa shape index (κ2) is 8.92. The zero-order chi connectivity index (χ0) is 23.7. The summed E-state index contributed by atoms with van der Waals surface area (Å²) in [6.07, 6.45) is 1.74. The maximum absolute atomic E-state index is 13.5. The Kier molecular flexibility index (Phi) is 5.65. The summed E-state index contributed by atoms with van der Waals surface area (Å²) in [7, 11) is 0. The molecule has 1 aliphatic heterocycles. The van der Waals surface area contributed by atoms with Crippen molar-refractivity contribution < 1.29 is 14.9 Å². The van der Waals surface area contributed by atoms with Gasteiger partial charge in [0.05, 0.1) is 29.2 Å². The Morgan fingerprint density at radius 3 is 2.50 bits per heavy atom. The Balaban J connectivity index is 1.78. The fraction of sp³-hybridized carbons (Fsp3) is 0.154. The third-order valence-electron chi connectivity index (χ3n) is 5.97. The molecule has 4 aromatic rings. The highest BCUT2D eigenvalue weighted by Gasteiger charge is 2.25. The molecule has 0 unspecified atom stereocenters. The van der Waals surface area contributed by atoms with Crippen LogP contribution in [0.3, 0.4) is 0 Å². The lowest BCUT2D eigenvalue weighted by atomic mass is 10.0. The molecule has 170 valence electrons. The topological polar surface area (TPSA) is 87.7 Å². The lowest BCUT2D eigenvalue weighted by molar-refractivity contribution is -0.729. The molecule has 0 saturated carbocycles. The molecular formula is C26H23N4O4+. The molecule has 1 saturated heterocycles. The van der Waals surface area contributed by atoms with Gasteiger partial charge in [0.15, 0.2) is 5.69 Å². The summed E-state index contributed by atoms with van der Waals surface area (Å²) in [5.41, 5.74) is 2.83. The minimum Gasteiger partial charge on any atom is -0.378 e. The molecule has 3 aromatic carbocycles. The Morgan fingerprint density at radius 2 is 1.76 bits per heavy atom. The van der Waals surface area contributed by atoms with E-state index in [4.69, 9.17) is 9.84 Å². The number of anilines is 1. The predicted molar refractivity (Wildman–Crippen MR) is 131 cm³/mol. The molecule has 0 radical (unpaired) electrons. The van der Waals surface area contributed by atoms with Crippen LogP contribution in [0.25, 0.3) is 33.8 Å². The van der Waals surface area contributed by atoms with Crippen molar-refractivity contribution in [3.8, 4) is 16.9 Å². The van der Waals surface area contributed by atoms with Crippen molar-refractivity contribution in [2.45, 2.75) is 0 Å². The number of hydrogen-bond acceptors (Lipinski definition) is 5. The summed E-state index contributed by atoms with van der Waals surface area (Å²) in [5.74, 6) is 0. The van der Waals surface area contributed by atoms with Gasteiger partial charge in [-0.3, -0.25) is 4.79 Å². The fourth-order valence-electron chi connectivity index (χ4n) is 4.24. The SMILES string of the molecule is C=Cc1cccc(-c2nn(-c3cc(N4CCOCC4)ccc3[N+](=O)O)c(=O)c3ccccc23)c1. The van der Waals surface area contributed by atoms with Gasteiger partial charge in [0, 0.05) is 35.8 Å². The van der Waals surface area contributed by atoms with Crippen LogP contribution in [0.15, 0.2) is 78.1 Å². The minimum absolute atomic E-state index is 0.0762. The summed E-state index contributed by atoms with van der Waals surface area (Å²) in [4.78, 5) is 27.4. The molecule has 1 N–H and O–H groups in total.